The quantitative estimate of drug-likeness (QED) is 0.757. The molecule has 0 N–H and O–H groups in total. The number of rotatable bonds is 3. The molecular formula is C13H12N2O3. The van der Waals surface area contributed by atoms with E-state index in [1.54, 1.807) is 31.2 Å². The highest BCUT2D eigenvalue weighted by atomic mass is 16.5. The second-order valence-corrected chi connectivity index (χ2v) is 3.74. The van der Waals surface area contributed by atoms with E-state index < -0.39 is 18.1 Å². The maximum atomic E-state index is 11.7. The molecule has 0 aliphatic carbocycles. The Morgan fingerprint density at radius 1 is 1.50 bits per heavy atom. The van der Waals surface area contributed by atoms with Crippen molar-refractivity contribution in [3.8, 4) is 6.07 Å². The fourth-order valence-corrected chi connectivity index (χ4v) is 1.74. The van der Waals surface area contributed by atoms with Gasteiger partial charge < -0.3 is 9.47 Å². The number of aliphatic imine (C=N–C) groups is 1. The number of ether oxygens (including phenoxy) is 2. The fourth-order valence-electron chi connectivity index (χ4n) is 1.74. The topological polar surface area (TPSA) is 71.7 Å². The lowest BCUT2D eigenvalue weighted by Gasteiger charge is -2.16. The summed E-state index contributed by atoms with van der Waals surface area (Å²) in [6, 6.07) is 8.23. The highest BCUT2D eigenvalue weighted by Gasteiger charge is 2.34. The van der Waals surface area contributed by atoms with Gasteiger partial charge in [-0.2, -0.15) is 5.26 Å². The van der Waals surface area contributed by atoms with Gasteiger partial charge in [0.2, 0.25) is 0 Å². The minimum Gasteiger partial charge on any atom is -0.473 e. The minimum atomic E-state index is -0.669. The molecule has 2 unspecified atom stereocenters. The smallest absolute Gasteiger partial charge is 0.335 e. The molecule has 0 amide bonds. The van der Waals surface area contributed by atoms with Crippen molar-refractivity contribution >= 4 is 12.4 Å². The summed E-state index contributed by atoms with van der Waals surface area (Å²) >= 11 is 0. The molecule has 1 heterocycles. The summed E-state index contributed by atoms with van der Waals surface area (Å²) in [6.07, 6.45) is 0.793. The van der Waals surface area contributed by atoms with E-state index in [1.807, 2.05) is 6.07 Å². The Labute approximate surface area is 105 Å². The molecule has 2 atom stereocenters. The zero-order valence-electron chi connectivity index (χ0n) is 9.87. The molecule has 0 fully saturated rings. The Hall–Kier alpha value is -2.35. The molecule has 0 saturated carbocycles. The highest BCUT2D eigenvalue weighted by Crippen LogP contribution is 2.27. The largest absolute Gasteiger partial charge is 0.473 e. The van der Waals surface area contributed by atoms with E-state index in [0.29, 0.717) is 12.2 Å². The van der Waals surface area contributed by atoms with E-state index in [2.05, 4.69) is 4.99 Å². The number of nitrogens with zero attached hydrogens (tertiary/aromatic N) is 2. The lowest BCUT2D eigenvalue weighted by Crippen LogP contribution is -2.26. The number of hydrogen-bond donors (Lipinski definition) is 0. The first-order valence-electron chi connectivity index (χ1n) is 5.60. The van der Waals surface area contributed by atoms with Crippen LogP contribution in [0.2, 0.25) is 0 Å². The average molecular weight is 244 g/mol. The van der Waals surface area contributed by atoms with Crippen LogP contribution in [0.1, 0.15) is 24.2 Å². The monoisotopic (exact) mass is 244 g/mol. The van der Waals surface area contributed by atoms with E-state index in [-0.39, 0.29) is 0 Å². The number of carbonyl (C=O) groups excluding carboxylic acids is 1. The number of hydrogen-bond acceptors (Lipinski definition) is 5. The van der Waals surface area contributed by atoms with Gasteiger partial charge in [-0.05, 0) is 24.6 Å². The van der Waals surface area contributed by atoms with Crippen LogP contribution in [0.15, 0.2) is 29.3 Å². The van der Waals surface area contributed by atoms with E-state index in [1.165, 1.54) is 6.40 Å². The zero-order valence-corrected chi connectivity index (χ0v) is 9.87. The SMILES string of the molecule is CCOC(=O)C1N=COC1c1ccc(C#N)cc1. The van der Waals surface area contributed by atoms with Crippen molar-refractivity contribution in [1.82, 2.24) is 0 Å². The second-order valence-electron chi connectivity index (χ2n) is 3.74. The summed E-state index contributed by atoms with van der Waals surface area (Å²) < 4.78 is 10.3. The van der Waals surface area contributed by atoms with Gasteiger partial charge in [-0.15, -0.1) is 0 Å². The third-order valence-corrected chi connectivity index (χ3v) is 2.61. The molecule has 92 valence electrons. The molecule has 0 spiro atoms. The van der Waals surface area contributed by atoms with E-state index in [9.17, 15) is 4.79 Å². The van der Waals surface area contributed by atoms with Crippen molar-refractivity contribution in [3.05, 3.63) is 35.4 Å². The Kier molecular flexibility index (Phi) is 3.58. The molecule has 5 nitrogen and oxygen atoms in total. The summed E-state index contributed by atoms with van der Waals surface area (Å²) in [4.78, 5) is 15.7. The Morgan fingerprint density at radius 2 is 2.22 bits per heavy atom. The predicted octanol–water partition coefficient (Wildman–Crippen LogP) is 1.59. The lowest BCUT2D eigenvalue weighted by atomic mass is 10.0. The summed E-state index contributed by atoms with van der Waals surface area (Å²) in [6.45, 7) is 2.05. The molecule has 0 aromatic heterocycles. The van der Waals surface area contributed by atoms with E-state index in [4.69, 9.17) is 14.7 Å². The summed E-state index contributed by atoms with van der Waals surface area (Å²) in [5.41, 5.74) is 1.36. The van der Waals surface area contributed by atoms with Gasteiger partial charge >= 0.3 is 5.97 Å². The standard InChI is InChI=1S/C13H12N2O3/c1-2-17-13(16)11-12(18-8-15-11)10-5-3-9(7-14)4-6-10/h3-6,8,11-12H,2H2,1H3. The average Bonchev–Trinajstić information content (AvgIpc) is 2.88. The van der Waals surface area contributed by atoms with Crippen LogP contribution in [-0.2, 0) is 14.3 Å². The van der Waals surface area contributed by atoms with Crippen LogP contribution in [0, 0.1) is 11.3 Å². The number of nitriles is 1. The van der Waals surface area contributed by atoms with Crippen LogP contribution in [0.25, 0.3) is 0 Å². The maximum absolute atomic E-state index is 11.7. The van der Waals surface area contributed by atoms with Crippen LogP contribution in [0.3, 0.4) is 0 Å². The van der Waals surface area contributed by atoms with Gasteiger partial charge in [-0.1, -0.05) is 12.1 Å². The minimum absolute atomic E-state index is 0.310. The van der Waals surface area contributed by atoms with Gasteiger partial charge in [0.1, 0.15) is 0 Å². The first-order chi connectivity index (χ1) is 8.76. The first kappa shape index (κ1) is 12.1. The molecule has 1 aliphatic rings. The Balaban J connectivity index is 2.17. The lowest BCUT2D eigenvalue weighted by molar-refractivity contribution is -0.146. The van der Waals surface area contributed by atoms with Crippen LogP contribution in [-0.4, -0.2) is 25.0 Å². The maximum Gasteiger partial charge on any atom is 0.335 e. The van der Waals surface area contributed by atoms with Crippen LogP contribution in [0.4, 0.5) is 0 Å². The fraction of sp³-hybridized carbons (Fsp3) is 0.308. The van der Waals surface area contributed by atoms with Gasteiger partial charge in [0.15, 0.2) is 18.5 Å². The number of esters is 1. The van der Waals surface area contributed by atoms with Gasteiger partial charge in [-0.25, -0.2) is 9.79 Å². The summed E-state index contributed by atoms with van der Waals surface area (Å²) in [5, 5.41) is 8.72. The Morgan fingerprint density at radius 3 is 2.83 bits per heavy atom. The van der Waals surface area contributed by atoms with Gasteiger partial charge in [0.05, 0.1) is 18.2 Å². The van der Waals surface area contributed by atoms with E-state index in [0.717, 1.165) is 5.56 Å². The van der Waals surface area contributed by atoms with Crippen LogP contribution in [0.5, 0.6) is 0 Å². The molecule has 5 heteroatoms. The van der Waals surface area contributed by atoms with Crippen molar-refractivity contribution in [2.75, 3.05) is 6.61 Å². The summed E-state index contributed by atoms with van der Waals surface area (Å²) in [5.74, 6) is -0.402. The predicted molar refractivity (Wildman–Crippen MR) is 63.9 cm³/mol. The van der Waals surface area contributed by atoms with Crippen molar-refractivity contribution in [3.63, 3.8) is 0 Å². The van der Waals surface area contributed by atoms with Gasteiger partial charge in [0, 0.05) is 0 Å². The molecule has 0 radical (unpaired) electrons. The number of carbonyl (C=O) groups is 1. The van der Waals surface area contributed by atoms with Crippen molar-refractivity contribution in [2.45, 2.75) is 19.1 Å². The molecular weight excluding hydrogens is 232 g/mol. The van der Waals surface area contributed by atoms with Crippen molar-refractivity contribution < 1.29 is 14.3 Å². The van der Waals surface area contributed by atoms with Crippen LogP contribution >= 0.6 is 0 Å². The summed E-state index contributed by atoms with van der Waals surface area (Å²) in [7, 11) is 0. The third kappa shape index (κ3) is 2.33. The Bertz CT molecular complexity index is 502. The second kappa shape index (κ2) is 5.32. The molecule has 1 aromatic rings. The normalized spacial score (nSPS) is 21.1. The third-order valence-electron chi connectivity index (χ3n) is 2.61. The van der Waals surface area contributed by atoms with Gasteiger partial charge in [-0.3, -0.25) is 0 Å². The molecule has 1 aromatic carbocycles. The molecule has 0 saturated heterocycles. The molecule has 0 bridgehead atoms. The van der Waals surface area contributed by atoms with Crippen molar-refractivity contribution in [1.29, 1.82) is 5.26 Å². The highest BCUT2D eigenvalue weighted by molar-refractivity contribution is 5.80. The zero-order chi connectivity index (χ0) is 13.0. The van der Waals surface area contributed by atoms with E-state index >= 15 is 0 Å². The number of benzene rings is 1. The molecule has 18 heavy (non-hydrogen) atoms. The van der Waals surface area contributed by atoms with Gasteiger partial charge in [0.25, 0.3) is 0 Å². The first-order valence-corrected chi connectivity index (χ1v) is 5.60. The van der Waals surface area contributed by atoms with Crippen molar-refractivity contribution in [2.24, 2.45) is 4.99 Å². The molecule has 2 rings (SSSR count). The van der Waals surface area contributed by atoms with Crippen LogP contribution < -0.4 is 0 Å². The molecule has 1 aliphatic heterocycles.